The van der Waals surface area contributed by atoms with E-state index in [1.165, 1.54) is 23.2 Å². The molecule has 0 aliphatic rings. The molecule has 2 heteroatoms. The number of nitrogens with one attached hydrogen (secondary N) is 1. The quantitative estimate of drug-likeness (QED) is 0.850. The van der Waals surface area contributed by atoms with E-state index in [0.717, 1.165) is 12.3 Å². The maximum Gasteiger partial charge on any atom is 0.0921 e. The van der Waals surface area contributed by atoms with Crippen LogP contribution in [0.5, 0.6) is 0 Å². The zero-order valence-electron chi connectivity index (χ0n) is 13.5. The van der Waals surface area contributed by atoms with E-state index >= 15 is 0 Å². The molecule has 0 saturated heterocycles. The highest BCUT2D eigenvalue weighted by Crippen LogP contribution is 2.08. The lowest BCUT2D eigenvalue weighted by molar-refractivity contribution is 0.637. The number of hydrogen-bond acceptors (Lipinski definition) is 1. The zero-order chi connectivity index (χ0) is 15.0. The number of imidazole rings is 1. The SMILES string of the molecule is CC(C)Cc1cnc[nH]1.Cc1ccc(CC(C)C)cc1. The molecule has 0 unspecified atom stereocenters. The van der Waals surface area contributed by atoms with E-state index in [0.29, 0.717) is 5.92 Å². The number of aromatic amines is 1. The maximum atomic E-state index is 3.92. The van der Waals surface area contributed by atoms with Gasteiger partial charge in [0.05, 0.1) is 6.33 Å². The minimum absolute atomic E-state index is 0.713. The summed E-state index contributed by atoms with van der Waals surface area (Å²) in [6.45, 7) is 11.0. The lowest BCUT2D eigenvalue weighted by Gasteiger charge is -2.04. The van der Waals surface area contributed by atoms with Crippen molar-refractivity contribution >= 4 is 0 Å². The summed E-state index contributed by atoms with van der Waals surface area (Å²) in [5, 5.41) is 0. The average molecular weight is 272 g/mol. The molecule has 1 N–H and O–H groups in total. The molecule has 0 spiro atoms. The minimum atomic E-state index is 0.713. The van der Waals surface area contributed by atoms with Crippen molar-refractivity contribution in [2.45, 2.75) is 47.5 Å². The van der Waals surface area contributed by atoms with Gasteiger partial charge in [0.25, 0.3) is 0 Å². The van der Waals surface area contributed by atoms with Gasteiger partial charge in [-0.15, -0.1) is 0 Å². The molecule has 2 aromatic rings. The molecular weight excluding hydrogens is 244 g/mol. The van der Waals surface area contributed by atoms with Crippen LogP contribution in [0.1, 0.15) is 44.5 Å². The Morgan fingerprint density at radius 2 is 1.55 bits per heavy atom. The molecule has 0 aliphatic heterocycles. The van der Waals surface area contributed by atoms with Crippen LogP contribution in [0, 0.1) is 18.8 Å². The van der Waals surface area contributed by atoms with Gasteiger partial charge < -0.3 is 4.98 Å². The second-order valence-electron chi connectivity index (χ2n) is 6.26. The number of H-pyrrole nitrogens is 1. The van der Waals surface area contributed by atoms with Crippen molar-refractivity contribution in [3.63, 3.8) is 0 Å². The number of hydrogen-bond donors (Lipinski definition) is 1. The number of aryl methyl sites for hydroxylation is 1. The summed E-state index contributed by atoms with van der Waals surface area (Å²) in [6, 6.07) is 8.79. The third-order valence-corrected chi connectivity index (χ3v) is 2.95. The Kier molecular flexibility index (Phi) is 7.06. The monoisotopic (exact) mass is 272 g/mol. The predicted molar refractivity (Wildman–Crippen MR) is 86.9 cm³/mol. The topological polar surface area (TPSA) is 28.7 Å². The first-order chi connectivity index (χ1) is 9.47. The molecule has 0 fully saturated rings. The minimum Gasteiger partial charge on any atom is -0.348 e. The molecule has 2 rings (SSSR count). The third kappa shape index (κ3) is 7.13. The highest BCUT2D eigenvalue weighted by atomic mass is 14.9. The van der Waals surface area contributed by atoms with Crippen molar-refractivity contribution in [2.75, 3.05) is 0 Å². The standard InChI is InChI=1S/C11H16.C7H12N2/c1-9(2)8-11-6-4-10(3)5-7-11;1-6(2)3-7-4-8-5-9-7/h4-7,9H,8H2,1-3H3;4-6H,3H2,1-2H3,(H,8,9). The zero-order valence-corrected chi connectivity index (χ0v) is 13.5. The fourth-order valence-electron chi connectivity index (χ4n) is 2.03. The second-order valence-corrected chi connectivity index (χ2v) is 6.26. The number of benzene rings is 1. The van der Waals surface area contributed by atoms with Gasteiger partial charge >= 0.3 is 0 Å². The van der Waals surface area contributed by atoms with Crippen molar-refractivity contribution in [1.82, 2.24) is 9.97 Å². The van der Waals surface area contributed by atoms with E-state index in [1.807, 2.05) is 6.20 Å². The van der Waals surface area contributed by atoms with Crippen molar-refractivity contribution < 1.29 is 0 Å². The van der Waals surface area contributed by atoms with Crippen LogP contribution in [-0.4, -0.2) is 9.97 Å². The number of rotatable bonds is 4. The summed E-state index contributed by atoms with van der Waals surface area (Å²) < 4.78 is 0. The number of nitrogens with zero attached hydrogens (tertiary/aromatic N) is 1. The summed E-state index contributed by atoms with van der Waals surface area (Å²) in [5.41, 5.74) is 4.02. The fourth-order valence-corrected chi connectivity index (χ4v) is 2.03. The van der Waals surface area contributed by atoms with Crippen LogP contribution >= 0.6 is 0 Å². The smallest absolute Gasteiger partial charge is 0.0921 e. The van der Waals surface area contributed by atoms with Crippen LogP contribution in [0.4, 0.5) is 0 Å². The van der Waals surface area contributed by atoms with Crippen LogP contribution in [0.3, 0.4) is 0 Å². The Morgan fingerprint density at radius 1 is 0.950 bits per heavy atom. The molecule has 1 aromatic heterocycles. The Morgan fingerprint density at radius 3 is 2.00 bits per heavy atom. The van der Waals surface area contributed by atoms with E-state index in [4.69, 9.17) is 0 Å². The van der Waals surface area contributed by atoms with Gasteiger partial charge in [0.2, 0.25) is 0 Å². The molecule has 0 atom stereocenters. The van der Waals surface area contributed by atoms with Gasteiger partial charge in [-0.1, -0.05) is 57.5 Å². The summed E-state index contributed by atoms with van der Waals surface area (Å²) in [6.07, 6.45) is 5.89. The molecule has 110 valence electrons. The first-order valence-electron chi connectivity index (χ1n) is 7.50. The lowest BCUT2D eigenvalue weighted by Crippen LogP contribution is -1.93. The Bertz CT molecular complexity index is 453. The largest absolute Gasteiger partial charge is 0.348 e. The summed E-state index contributed by atoms with van der Waals surface area (Å²) in [7, 11) is 0. The second kappa shape index (κ2) is 8.57. The average Bonchev–Trinajstić information content (AvgIpc) is 2.84. The normalized spacial score (nSPS) is 10.6. The van der Waals surface area contributed by atoms with Crippen LogP contribution in [0.15, 0.2) is 36.8 Å². The molecule has 0 amide bonds. The van der Waals surface area contributed by atoms with E-state index in [2.05, 4.69) is 68.9 Å². The molecule has 1 aromatic carbocycles. The lowest BCUT2D eigenvalue weighted by atomic mass is 10.0. The van der Waals surface area contributed by atoms with Crippen LogP contribution in [-0.2, 0) is 12.8 Å². The molecule has 0 radical (unpaired) electrons. The van der Waals surface area contributed by atoms with E-state index in [9.17, 15) is 0 Å². The van der Waals surface area contributed by atoms with Crippen LogP contribution in [0.2, 0.25) is 0 Å². The van der Waals surface area contributed by atoms with Crippen molar-refractivity contribution in [1.29, 1.82) is 0 Å². The fraction of sp³-hybridized carbons (Fsp3) is 0.500. The van der Waals surface area contributed by atoms with Gasteiger partial charge in [-0.05, 0) is 37.2 Å². The van der Waals surface area contributed by atoms with Gasteiger partial charge in [-0.25, -0.2) is 4.98 Å². The molecule has 0 saturated carbocycles. The van der Waals surface area contributed by atoms with Gasteiger partial charge in [-0.3, -0.25) is 0 Å². The Balaban J connectivity index is 0.000000204. The van der Waals surface area contributed by atoms with Crippen molar-refractivity contribution in [2.24, 2.45) is 11.8 Å². The molecule has 20 heavy (non-hydrogen) atoms. The van der Waals surface area contributed by atoms with Gasteiger partial charge in [-0.2, -0.15) is 0 Å². The maximum absolute atomic E-state index is 3.92. The van der Waals surface area contributed by atoms with Gasteiger partial charge in [0.1, 0.15) is 0 Å². The highest BCUT2D eigenvalue weighted by molar-refractivity contribution is 5.21. The van der Waals surface area contributed by atoms with E-state index in [1.54, 1.807) is 6.33 Å². The Hall–Kier alpha value is -1.57. The highest BCUT2D eigenvalue weighted by Gasteiger charge is 1.96. The van der Waals surface area contributed by atoms with Crippen molar-refractivity contribution in [3.05, 3.63) is 53.6 Å². The first-order valence-corrected chi connectivity index (χ1v) is 7.50. The molecule has 1 heterocycles. The molecular formula is C18H28N2. The Labute approximate surface area is 123 Å². The summed E-state index contributed by atoms with van der Waals surface area (Å²) in [4.78, 5) is 6.98. The third-order valence-electron chi connectivity index (χ3n) is 2.95. The van der Waals surface area contributed by atoms with Crippen molar-refractivity contribution in [3.8, 4) is 0 Å². The predicted octanol–water partition coefficient (Wildman–Crippen LogP) is 4.80. The number of aromatic nitrogens is 2. The van der Waals surface area contributed by atoms with E-state index in [-0.39, 0.29) is 0 Å². The molecule has 0 aliphatic carbocycles. The van der Waals surface area contributed by atoms with Crippen LogP contribution in [0.25, 0.3) is 0 Å². The molecule has 2 nitrogen and oxygen atoms in total. The summed E-state index contributed by atoms with van der Waals surface area (Å²) in [5.74, 6) is 1.48. The van der Waals surface area contributed by atoms with Gasteiger partial charge in [0, 0.05) is 11.9 Å². The van der Waals surface area contributed by atoms with E-state index < -0.39 is 0 Å². The first kappa shape index (κ1) is 16.5. The molecule has 0 bridgehead atoms. The van der Waals surface area contributed by atoms with Crippen LogP contribution < -0.4 is 0 Å². The summed E-state index contributed by atoms with van der Waals surface area (Å²) >= 11 is 0. The van der Waals surface area contributed by atoms with Gasteiger partial charge in [0.15, 0.2) is 0 Å².